The summed E-state index contributed by atoms with van der Waals surface area (Å²) < 4.78 is 1.52. The molecule has 0 radical (unpaired) electrons. The second-order valence-corrected chi connectivity index (χ2v) is 11.0. The van der Waals surface area contributed by atoms with Crippen LogP contribution in [0.5, 0.6) is 0 Å². The highest BCUT2D eigenvalue weighted by atomic mass is 32.2. The summed E-state index contributed by atoms with van der Waals surface area (Å²) in [4.78, 5) is 54.6. The summed E-state index contributed by atoms with van der Waals surface area (Å²) in [6.45, 7) is 0. The molecular weight excluding hydrogens is 488 g/mol. The first kappa shape index (κ1) is 21.9. The van der Waals surface area contributed by atoms with E-state index in [1.165, 1.54) is 52.3 Å². The van der Waals surface area contributed by atoms with E-state index in [0.717, 1.165) is 16.6 Å². The molecule has 3 amide bonds. The van der Waals surface area contributed by atoms with Gasteiger partial charge >= 0.3 is 0 Å². The second-order valence-electron chi connectivity index (χ2n) is 8.78. The molecule has 0 unspecified atom stereocenters. The molecule has 1 saturated heterocycles. The molecule has 2 fully saturated rings. The molecule has 3 aliphatic rings. The summed E-state index contributed by atoms with van der Waals surface area (Å²) in [5, 5.41) is 13.4. The average Bonchev–Trinajstić information content (AvgIpc) is 3.60. The first-order chi connectivity index (χ1) is 16.9. The van der Waals surface area contributed by atoms with Crippen molar-refractivity contribution >= 4 is 68.1 Å². The van der Waals surface area contributed by atoms with Crippen LogP contribution in [0.1, 0.15) is 6.42 Å². The summed E-state index contributed by atoms with van der Waals surface area (Å²) in [6.07, 6.45) is 5.05. The zero-order chi connectivity index (χ0) is 24.3. The number of allylic oxidation sites excluding steroid dienone is 2. The summed E-state index contributed by atoms with van der Waals surface area (Å²) in [5.41, 5.74) is 1.73. The fourth-order valence-electron chi connectivity index (χ4n) is 5.24. The number of aromatic nitrogens is 1. The first-order valence-corrected chi connectivity index (χ1v) is 12.8. The highest BCUT2D eigenvalue weighted by Crippen LogP contribution is 2.53. The normalized spacial score (nSPS) is 24.4. The number of amides is 3. The number of nitrogens with zero attached hydrogens (tertiary/aromatic N) is 3. The Hall–Kier alpha value is -3.57. The van der Waals surface area contributed by atoms with Crippen molar-refractivity contribution in [1.82, 2.24) is 4.98 Å². The Bertz CT molecular complexity index is 1400. The van der Waals surface area contributed by atoms with Crippen LogP contribution < -0.4 is 10.2 Å². The maximum Gasteiger partial charge on any atom is 0.269 e. The van der Waals surface area contributed by atoms with Gasteiger partial charge in [-0.3, -0.25) is 24.5 Å². The van der Waals surface area contributed by atoms with E-state index in [-0.39, 0.29) is 52.8 Å². The topological polar surface area (TPSA) is 123 Å². The van der Waals surface area contributed by atoms with Gasteiger partial charge in [-0.1, -0.05) is 23.9 Å². The average molecular weight is 507 g/mol. The predicted octanol–water partition coefficient (Wildman–Crippen LogP) is 4.25. The molecule has 0 spiro atoms. The Morgan fingerprint density at radius 3 is 2.46 bits per heavy atom. The third kappa shape index (κ3) is 3.71. The summed E-state index contributed by atoms with van der Waals surface area (Å²) >= 11 is 2.67. The Morgan fingerprint density at radius 1 is 1.11 bits per heavy atom. The van der Waals surface area contributed by atoms with Gasteiger partial charge in [-0.05, 0) is 48.6 Å². The minimum atomic E-state index is -0.498. The largest absolute Gasteiger partial charge is 0.325 e. The van der Waals surface area contributed by atoms with Gasteiger partial charge in [-0.25, -0.2) is 9.88 Å². The van der Waals surface area contributed by atoms with Crippen LogP contribution in [-0.2, 0) is 14.4 Å². The number of nitrogens with one attached hydrogen (secondary N) is 1. The molecule has 11 heteroatoms. The fraction of sp³-hybridized carbons (Fsp3) is 0.250. The van der Waals surface area contributed by atoms with Crippen molar-refractivity contribution in [3.63, 3.8) is 0 Å². The highest BCUT2D eigenvalue weighted by molar-refractivity contribution is 8.01. The smallest absolute Gasteiger partial charge is 0.269 e. The van der Waals surface area contributed by atoms with Gasteiger partial charge in [0.25, 0.3) is 5.69 Å². The third-order valence-corrected chi connectivity index (χ3v) is 8.93. The molecule has 4 atom stereocenters. The van der Waals surface area contributed by atoms with E-state index >= 15 is 0 Å². The first-order valence-electron chi connectivity index (χ1n) is 11.0. The van der Waals surface area contributed by atoms with E-state index in [9.17, 15) is 24.5 Å². The van der Waals surface area contributed by atoms with E-state index in [4.69, 9.17) is 0 Å². The lowest BCUT2D eigenvalue weighted by molar-refractivity contribution is -0.384. The van der Waals surface area contributed by atoms with Crippen molar-refractivity contribution in [2.45, 2.75) is 10.8 Å². The predicted molar refractivity (Wildman–Crippen MR) is 132 cm³/mol. The lowest BCUT2D eigenvalue weighted by Gasteiger charge is -2.17. The van der Waals surface area contributed by atoms with Crippen LogP contribution in [0.4, 0.5) is 17.1 Å². The van der Waals surface area contributed by atoms with Gasteiger partial charge < -0.3 is 5.32 Å². The van der Waals surface area contributed by atoms with E-state index in [2.05, 4.69) is 22.5 Å². The van der Waals surface area contributed by atoms with Crippen LogP contribution in [-0.4, -0.2) is 33.4 Å². The summed E-state index contributed by atoms with van der Waals surface area (Å²) in [7, 11) is 0. The molecule has 2 heterocycles. The number of imide groups is 1. The molecule has 1 saturated carbocycles. The number of nitro benzene ring substituents is 1. The molecule has 1 N–H and O–H groups in total. The lowest BCUT2D eigenvalue weighted by atomic mass is 9.85. The Kier molecular flexibility index (Phi) is 5.19. The number of rotatable bonds is 6. The number of thiazole rings is 1. The van der Waals surface area contributed by atoms with Crippen molar-refractivity contribution < 1.29 is 19.3 Å². The van der Waals surface area contributed by atoms with Gasteiger partial charge in [0.2, 0.25) is 17.7 Å². The molecule has 1 aromatic heterocycles. The standard InChI is InChI=1S/C24H18N4O5S2/c29-19(25-14-3-5-15(6-4-14)28(32)33)11-34-24-26-17-8-7-16(10-18(17)35-24)27-22(30)20-12-1-2-13(9-12)21(20)23(27)31/h1-8,10,12-13,20-21H,9,11H2,(H,25,29)/t12-,13-,20+,21+/m0/s1. The number of benzene rings is 2. The molecule has 9 nitrogen and oxygen atoms in total. The van der Waals surface area contributed by atoms with Gasteiger partial charge in [0.15, 0.2) is 4.34 Å². The molecule has 2 aliphatic carbocycles. The van der Waals surface area contributed by atoms with Crippen LogP contribution in [0.3, 0.4) is 0 Å². The molecule has 2 bridgehead atoms. The molecule has 2 aromatic carbocycles. The number of thioether (sulfide) groups is 1. The monoisotopic (exact) mass is 506 g/mol. The maximum absolute atomic E-state index is 13.1. The SMILES string of the molecule is O=C(CSc1nc2ccc(N3C(=O)[C@H]4[C@H](C3=O)[C@H]3C=C[C@H]4C3)cc2s1)Nc1ccc([N+](=O)[O-])cc1. The van der Waals surface area contributed by atoms with E-state index in [1.807, 2.05) is 6.07 Å². The Balaban J connectivity index is 1.13. The van der Waals surface area contributed by atoms with E-state index < -0.39 is 4.92 Å². The van der Waals surface area contributed by atoms with Gasteiger partial charge in [-0.15, -0.1) is 11.3 Å². The number of carbonyl (C=O) groups excluding carboxylic acids is 3. The van der Waals surface area contributed by atoms with Crippen molar-refractivity contribution in [1.29, 1.82) is 0 Å². The van der Waals surface area contributed by atoms with Gasteiger partial charge in [0.1, 0.15) is 0 Å². The molecule has 176 valence electrons. The summed E-state index contributed by atoms with van der Waals surface area (Å²) in [5.74, 6) is -0.517. The lowest BCUT2D eigenvalue weighted by Crippen LogP contribution is -2.32. The van der Waals surface area contributed by atoms with Gasteiger partial charge in [0.05, 0.1) is 38.4 Å². The molecule has 1 aliphatic heterocycles. The number of hydrogen-bond acceptors (Lipinski definition) is 8. The number of anilines is 2. The second kappa shape index (κ2) is 8.28. The number of non-ortho nitro benzene ring substituents is 1. The maximum atomic E-state index is 13.1. The van der Waals surface area contributed by atoms with Crippen LogP contribution in [0.15, 0.2) is 59.0 Å². The van der Waals surface area contributed by atoms with Crippen molar-refractivity contribution in [3.8, 4) is 0 Å². The van der Waals surface area contributed by atoms with Crippen molar-refractivity contribution in [3.05, 3.63) is 64.7 Å². The van der Waals surface area contributed by atoms with Crippen molar-refractivity contribution in [2.24, 2.45) is 23.7 Å². The molecular formula is C24H18N4O5S2. The Labute approximate surface area is 207 Å². The third-order valence-electron chi connectivity index (χ3n) is 6.77. The summed E-state index contributed by atoms with van der Waals surface area (Å²) in [6, 6.07) is 11.0. The molecule has 35 heavy (non-hydrogen) atoms. The molecule has 3 aromatic rings. The van der Waals surface area contributed by atoms with Gasteiger partial charge in [0, 0.05) is 17.8 Å². The van der Waals surface area contributed by atoms with Crippen LogP contribution in [0, 0.1) is 33.8 Å². The zero-order valence-electron chi connectivity index (χ0n) is 18.1. The zero-order valence-corrected chi connectivity index (χ0v) is 19.8. The quantitative estimate of drug-likeness (QED) is 0.174. The van der Waals surface area contributed by atoms with Crippen LogP contribution >= 0.6 is 23.1 Å². The minimum Gasteiger partial charge on any atom is -0.325 e. The number of fused-ring (bicyclic) bond motifs is 6. The van der Waals surface area contributed by atoms with E-state index in [0.29, 0.717) is 15.7 Å². The minimum absolute atomic E-state index is 0.0456. The molecule has 6 rings (SSSR count). The van der Waals surface area contributed by atoms with Crippen molar-refractivity contribution in [2.75, 3.05) is 16.0 Å². The number of nitro groups is 1. The Morgan fingerprint density at radius 2 is 1.80 bits per heavy atom. The van der Waals surface area contributed by atoms with E-state index in [1.54, 1.807) is 12.1 Å². The van der Waals surface area contributed by atoms with Gasteiger partial charge in [-0.2, -0.15) is 0 Å². The number of hydrogen-bond donors (Lipinski definition) is 1. The number of carbonyl (C=O) groups is 3. The highest BCUT2D eigenvalue weighted by Gasteiger charge is 2.59. The van der Waals surface area contributed by atoms with Crippen LogP contribution in [0.2, 0.25) is 0 Å². The van der Waals surface area contributed by atoms with Crippen LogP contribution in [0.25, 0.3) is 10.2 Å². The fourth-order valence-corrected chi connectivity index (χ4v) is 7.14.